The van der Waals surface area contributed by atoms with Gasteiger partial charge in [-0.25, -0.2) is 0 Å². The predicted molar refractivity (Wildman–Crippen MR) is 76.8 cm³/mol. The molecule has 0 saturated heterocycles. The third-order valence-corrected chi connectivity index (χ3v) is 4.82. The van der Waals surface area contributed by atoms with Crippen LogP contribution in [0.25, 0.3) is 0 Å². The highest BCUT2D eigenvalue weighted by Gasteiger charge is 2.46. The summed E-state index contributed by atoms with van der Waals surface area (Å²) in [6.45, 7) is 5.69. The zero-order valence-corrected chi connectivity index (χ0v) is 12.0. The molecular formula is C14H19BrN2. The zero-order chi connectivity index (χ0) is 12.0. The van der Waals surface area contributed by atoms with Crippen LogP contribution in [-0.4, -0.2) is 18.1 Å². The molecule has 1 fully saturated rings. The molecule has 1 aromatic rings. The fraction of sp³-hybridized carbons (Fsp3) is 0.571. The first-order valence-corrected chi connectivity index (χ1v) is 7.25. The van der Waals surface area contributed by atoms with Crippen LogP contribution in [0.5, 0.6) is 0 Å². The molecule has 0 amide bonds. The monoisotopic (exact) mass is 294 g/mol. The van der Waals surface area contributed by atoms with Gasteiger partial charge in [-0.2, -0.15) is 0 Å². The van der Waals surface area contributed by atoms with Gasteiger partial charge in [-0.05, 0) is 61.2 Å². The summed E-state index contributed by atoms with van der Waals surface area (Å²) in [6, 6.07) is 7.05. The standard InChI is InChI=1S/C14H19BrN2/c1-10(2)17-12-6-3-5-11(15)13(12)16-9-14(17)7-4-8-14/h3,5-6,10,16H,4,7-9H2,1-2H3. The third-order valence-electron chi connectivity index (χ3n) is 4.16. The van der Waals surface area contributed by atoms with Crippen molar-refractivity contribution in [1.29, 1.82) is 0 Å². The smallest absolute Gasteiger partial charge is 0.0723 e. The van der Waals surface area contributed by atoms with Crippen LogP contribution in [0, 0.1) is 0 Å². The number of hydrogen-bond acceptors (Lipinski definition) is 2. The van der Waals surface area contributed by atoms with E-state index in [0.29, 0.717) is 11.6 Å². The van der Waals surface area contributed by atoms with Crippen LogP contribution in [0.3, 0.4) is 0 Å². The number of anilines is 2. The molecule has 0 bridgehead atoms. The van der Waals surface area contributed by atoms with Crippen molar-refractivity contribution in [3.05, 3.63) is 22.7 Å². The molecule has 1 aromatic carbocycles. The minimum absolute atomic E-state index is 0.377. The molecule has 0 atom stereocenters. The van der Waals surface area contributed by atoms with Gasteiger partial charge in [-0.15, -0.1) is 0 Å². The fourth-order valence-corrected chi connectivity index (χ4v) is 3.81. The van der Waals surface area contributed by atoms with Crippen molar-refractivity contribution in [1.82, 2.24) is 0 Å². The lowest BCUT2D eigenvalue weighted by molar-refractivity contribution is 0.226. The molecule has 1 aliphatic heterocycles. The summed E-state index contributed by atoms with van der Waals surface area (Å²) in [4.78, 5) is 2.63. The highest BCUT2D eigenvalue weighted by atomic mass is 79.9. The molecule has 0 radical (unpaired) electrons. The van der Waals surface area contributed by atoms with E-state index in [0.717, 1.165) is 6.54 Å². The fourth-order valence-electron chi connectivity index (χ4n) is 3.31. The molecule has 1 spiro atoms. The van der Waals surface area contributed by atoms with E-state index in [1.54, 1.807) is 0 Å². The summed E-state index contributed by atoms with van der Waals surface area (Å²) < 4.78 is 1.18. The number of para-hydroxylation sites is 1. The second-order valence-corrected chi connectivity index (χ2v) is 6.38. The van der Waals surface area contributed by atoms with Crippen molar-refractivity contribution in [2.24, 2.45) is 0 Å². The van der Waals surface area contributed by atoms with Crippen molar-refractivity contribution >= 4 is 27.3 Å². The van der Waals surface area contributed by atoms with Crippen molar-refractivity contribution in [3.63, 3.8) is 0 Å². The lowest BCUT2D eigenvalue weighted by Gasteiger charge is -2.56. The Bertz CT molecular complexity index is 438. The predicted octanol–water partition coefficient (Wildman–Crippen LogP) is 4.01. The van der Waals surface area contributed by atoms with Crippen molar-refractivity contribution in [2.45, 2.75) is 44.7 Å². The average Bonchev–Trinajstić information content (AvgIpc) is 2.25. The van der Waals surface area contributed by atoms with Crippen LogP contribution >= 0.6 is 15.9 Å². The van der Waals surface area contributed by atoms with Gasteiger partial charge in [-0.1, -0.05) is 6.07 Å². The number of hydrogen-bond donors (Lipinski definition) is 1. The quantitative estimate of drug-likeness (QED) is 0.842. The van der Waals surface area contributed by atoms with Gasteiger partial charge in [0, 0.05) is 17.1 Å². The minimum atomic E-state index is 0.377. The molecule has 3 heteroatoms. The molecule has 2 aliphatic rings. The number of halogens is 1. The molecule has 2 nitrogen and oxygen atoms in total. The number of benzene rings is 1. The van der Waals surface area contributed by atoms with Gasteiger partial charge in [0.25, 0.3) is 0 Å². The molecule has 1 aliphatic carbocycles. The van der Waals surface area contributed by atoms with Crippen LogP contribution in [0.1, 0.15) is 33.1 Å². The Kier molecular flexibility index (Phi) is 2.62. The number of fused-ring (bicyclic) bond motifs is 1. The molecule has 0 unspecified atom stereocenters. The Morgan fingerprint density at radius 1 is 1.35 bits per heavy atom. The van der Waals surface area contributed by atoms with Gasteiger partial charge in [0.05, 0.1) is 16.9 Å². The molecule has 17 heavy (non-hydrogen) atoms. The maximum absolute atomic E-state index is 3.65. The van der Waals surface area contributed by atoms with Gasteiger partial charge in [0.15, 0.2) is 0 Å². The Morgan fingerprint density at radius 2 is 2.12 bits per heavy atom. The Balaban J connectivity index is 2.10. The summed E-state index contributed by atoms with van der Waals surface area (Å²) in [5.41, 5.74) is 3.00. The Morgan fingerprint density at radius 3 is 2.71 bits per heavy atom. The molecule has 92 valence electrons. The molecule has 1 heterocycles. The summed E-state index contributed by atoms with van der Waals surface area (Å²) in [6.07, 6.45) is 4.02. The first kappa shape index (κ1) is 11.4. The Labute approximate surface area is 112 Å². The van der Waals surface area contributed by atoms with Gasteiger partial charge < -0.3 is 10.2 Å². The molecular weight excluding hydrogens is 276 g/mol. The van der Waals surface area contributed by atoms with E-state index in [4.69, 9.17) is 0 Å². The maximum Gasteiger partial charge on any atom is 0.0723 e. The number of rotatable bonds is 1. The van der Waals surface area contributed by atoms with E-state index < -0.39 is 0 Å². The molecule has 0 aromatic heterocycles. The van der Waals surface area contributed by atoms with Crippen LogP contribution in [0.15, 0.2) is 22.7 Å². The van der Waals surface area contributed by atoms with E-state index in [9.17, 15) is 0 Å². The highest BCUT2D eigenvalue weighted by molar-refractivity contribution is 9.10. The SMILES string of the molecule is CC(C)N1c2cccc(Br)c2NCC12CCC2. The molecule has 3 rings (SSSR count). The number of nitrogens with one attached hydrogen (secondary N) is 1. The largest absolute Gasteiger partial charge is 0.380 e. The van der Waals surface area contributed by atoms with Crippen molar-refractivity contribution in [2.75, 3.05) is 16.8 Å². The summed E-state index contributed by atoms with van der Waals surface area (Å²) >= 11 is 3.65. The van der Waals surface area contributed by atoms with Crippen LogP contribution < -0.4 is 10.2 Å². The lowest BCUT2D eigenvalue weighted by atomic mass is 9.73. The first-order chi connectivity index (χ1) is 8.14. The van der Waals surface area contributed by atoms with Crippen molar-refractivity contribution < 1.29 is 0 Å². The van der Waals surface area contributed by atoms with E-state index in [-0.39, 0.29) is 0 Å². The zero-order valence-electron chi connectivity index (χ0n) is 10.5. The Hall–Kier alpha value is -0.700. The third kappa shape index (κ3) is 1.59. The van der Waals surface area contributed by atoms with Crippen molar-refractivity contribution in [3.8, 4) is 0 Å². The van der Waals surface area contributed by atoms with Gasteiger partial charge in [-0.3, -0.25) is 0 Å². The molecule has 1 saturated carbocycles. The summed E-state index contributed by atoms with van der Waals surface area (Å²) in [5.74, 6) is 0. The van der Waals surface area contributed by atoms with E-state index in [1.807, 2.05) is 0 Å². The van der Waals surface area contributed by atoms with Crippen LogP contribution in [0.2, 0.25) is 0 Å². The minimum Gasteiger partial charge on any atom is -0.380 e. The van der Waals surface area contributed by atoms with E-state index in [2.05, 4.69) is 58.2 Å². The lowest BCUT2D eigenvalue weighted by Crippen LogP contribution is -2.62. The van der Waals surface area contributed by atoms with Crippen LogP contribution in [0.4, 0.5) is 11.4 Å². The van der Waals surface area contributed by atoms with Gasteiger partial charge in [0.1, 0.15) is 0 Å². The number of nitrogens with zero attached hydrogens (tertiary/aromatic N) is 1. The molecule has 1 N–H and O–H groups in total. The normalized spacial score (nSPS) is 21.1. The summed E-state index contributed by atoms with van der Waals surface area (Å²) in [5, 5.41) is 3.62. The second-order valence-electron chi connectivity index (χ2n) is 5.53. The average molecular weight is 295 g/mol. The second kappa shape index (κ2) is 3.91. The highest BCUT2D eigenvalue weighted by Crippen LogP contribution is 2.48. The van der Waals surface area contributed by atoms with Gasteiger partial charge >= 0.3 is 0 Å². The summed E-state index contributed by atoms with van der Waals surface area (Å²) in [7, 11) is 0. The van der Waals surface area contributed by atoms with E-state index in [1.165, 1.54) is 35.1 Å². The van der Waals surface area contributed by atoms with Gasteiger partial charge in [0.2, 0.25) is 0 Å². The first-order valence-electron chi connectivity index (χ1n) is 6.46. The van der Waals surface area contributed by atoms with E-state index >= 15 is 0 Å². The maximum atomic E-state index is 3.65. The topological polar surface area (TPSA) is 15.3 Å². The van der Waals surface area contributed by atoms with Crippen LogP contribution in [-0.2, 0) is 0 Å².